The maximum absolute atomic E-state index is 10.7. The highest BCUT2D eigenvalue weighted by atomic mass is 35.5. The molecule has 2 atom stereocenters. The van der Waals surface area contributed by atoms with Gasteiger partial charge in [0.2, 0.25) is 0 Å². The zero-order valence-corrected chi connectivity index (χ0v) is 13.5. The lowest BCUT2D eigenvalue weighted by atomic mass is 9.86. The van der Waals surface area contributed by atoms with E-state index >= 15 is 0 Å². The summed E-state index contributed by atoms with van der Waals surface area (Å²) in [6, 6.07) is 3.88. The van der Waals surface area contributed by atoms with Crippen LogP contribution in [0.3, 0.4) is 0 Å². The van der Waals surface area contributed by atoms with Crippen molar-refractivity contribution in [3.8, 4) is 5.75 Å². The van der Waals surface area contributed by atoms with Gasteiger partial charge in [0.05, 0.1) is 12.7 Å². The second-order valence-electron chi connectivity index (χ2n) is 5.98. The molecule has 3 nitrogen and oxygen atoms in total. The smallest absolute Gasteiger partial charge is 0.126 e. The minimum atomic E-state index is -0.464. The molecule has 0 fully saturated rings. The second kappa shape index (κ2) is 5.92. The van der Waals surface area contributed by atoms with Crippen LogP contribution >= 0.6 is 11.6 Å². The third kappa shape index (κ3) is 2.80. The normalized spacial score (nSPS) is 18.6. The monoisotopic (exact) mass is 297 g/mol. The molecule has 112 valence electrons. The van der Waals surface area contributed by atoms with Crippen molar-refractivity contribution in [3.63, 3.8) is 0 Å². The van der Waals surface area contributed by atoms with Gasteiger partial charge in [-0.2, -0.15) is 0 Å². The predicted molar refractivity (Wildman–Crippen MR) is 82.7 cm³/mol. The summed E-state index contributed by atoms with van der Waals surface area (Å²) in [5.41, 5.74) is 1.91. The van der Waals surface area contributed by atoms with Gasteiger partial charge < -0.3 is 14.7 Å². The Bertz CT molecular complexity index is 490. The number of hydrogen-bond acceptors (Lipinski definition) is 3. The van der Waals surface area contributed by atoms with E-state index in [0.29, 0.717) is 13.0 Å². The Balaban J connectivity index is 2.26. The van der Waals surface area contributed by atoms with Gasteiger partial charge in [-0.1, -0.05) is 18.5 Å². The number of benzene rings is 1. The number of likely N-dealkylation sites (N-methyl/N-ethyl adjacent to an activating group) is 1. The fourth-order valence-corrected chi connectivity index (χ4v) is 3.04. The molecule has 0 aliphatic carbocycles. The standard InChI is InChI=1S/C16H24ClNO2/c1-5-16(2,18(3)4)14(19)10-12-9-13(17)8-11-6-7-20-15(11)12/h8-9,14,19H,5-7,10H2,1-4H3. The Morgan fingerprint density at radius 3 is 2.75 bits per heavy atom. The molecule has 1 aromatic carbocycles. The number of halogens is 1. The van der Waals surface area contributed by atoms with Crippen molar-refractivity contribution in [3.05, 3.63) is 28.3 Å². The molecule has 2 rings (SSSR count). The summed E-state index contributed by atoms with van der Waals surface area (Å²) in [5, 5.41) is 11.4. The van der Waals surface area contributed by atoms with Gasteiger partial charge in [-0.15, -0.1) is 0 Å². The van der Waals surface area contributed by atoms with Crippen LogP contribution < -0.4 is 4.74 Å². The van der Waals surface area contributed by atoms with E-state index in [4.69, 9.17) is 16.3 Å². The maximum atomic E-state index is 10.7. The zero-order valence-electron chi connectivity index (χ0n) is 12.7. The molecule has 1 aliphatic rings. The maximum Gasteiger partial charge on any atom is 0.126 e. The van der Waals surface area contributed by atoms with Gasteiger partial charge in [-0.3, -0.25) is 0 Å². The first-order valence-corrected chi connectivity index (χ1v) is 7.56. The lowest BCUT2D eigenvalue weighted by Crippen LogP contribution is -2.51. The summed E-state index contributed by atoms with van der Waals surface area (Å²) in [6.07, 6.45) is 1.88. The number of ether oxygens (including phenoxy) is 1. The summed E-state index contributed by atoms with van der Waals surface area (Å²) in [5.74, 6) is 0.922. The van der Waals surface area contributed by atoms with Crippen molar-refractivity contribution < 1.29 is 9.84 Å². The molecule has 0 saturated heterocycles. The highest BCUT2D eigenvalue weighted by Crippen LogP contribution is 2.35. The summed E-state index contributed by atoms with van der Waals surface area (Å²) in [7, 11) is 4.01. The molecule has 1 N–H and O–H groups in total. The Morgan fingerprint density at radius 2 is 2.15 bits per heavy atom. The van der Waals surface area contributed by atoms with Crippen LogP contribution in [0.1, 0.15) is 31.4 Å². The molecule has 0 spiro atoms. The molecule has 20 heavy (non-hydrogen) atoms. The molecule has 1 aliphatic heterocycles. The summed E-state index contributed by atoms with van der Waals surface area (Å²) in [6.45, 7) is 4.89. The quantitative estimate of drug-likeness (QED) is 0.907. The van der Waals surface area contributed by atoms with Gasteiger partial charge in [-0.05, 0) is 50.7 Å². The highest BCUT2D eigenvalue weighted by Gasteiger charge is 2.34. The molecule has 0 aromatic heterocycles. The van der Waals surface area contributed by atoms with E-state index in [-0.39, 0.29) is 5.54 Å². The number of fused-ring (bicyclic) bond motifs is 1. The van der Waals surface area contributed by atoms with Crippen LogP contribution in [-0.4, -0.2) is 42.4 Å². The van der Waals surface area contributed by atoms with Crippen LogP contribution in [0.4, 0.5) is 0 Å². The minimum absolute atomic E-state index is 0.256. The summed E-state index contributed by atoms with van der Waals surface area (Å²) >= 11 is 6.18. The van der Waals surface area contributed by atoms with Crippen molar-refractivity contribution in [2.75, 3.05) is 20.7 Å². The summed E-state index contributed by atoms with van der Waals surface area (Å²) in [4.78, 5) is 2.09. The van der Waals surface area contributed by atoms with Crippen molar-refractivity contribution in [2.45, 2.75) is 44.8 Å². The van der Waals surface area contributed by atoms with Gasteiger partial charge in [0.15, 0.2) is 0 Å². The number of nitrogens with zero attached hydrogens (tertiary/aromatic N) is 1. The van der Waals surface area contributed by atoms with Crippen LogP contribution in [0.25, 0.3) is 0 Å². The van der Waals surface area contributed by atoms with Gasteiger partial charge in [-0.25, -0.2) is 0 Å². The topological polar surface area (TPSA) is 32.7 Å². The van der Waals surface area contributed by atoms with Gasteiger partial charge >= 0.3 is 0 Å². The summed E-state index contributed by atoms with van der Waals surface area (Å²) < 4.78 is 5.71. The lowest BCUT2D eigenvalue weighted by Gasteiger charge is -2.40. The van der Waals surface area contributed by atoms with Crippen LogP contribution in [0, 0.1) is 0 Å². The number of hydrogen-bond donors (Lipinski definition) is 1. The first-order chi connectivity index (χ1) is 9.38. The first kappa shape index (κ1) is 15.6. The van der Waals surface area contributed by atoms with Crippen LogP contribution in [0.5, 0.6) is 5.75 Å². The fourth-order valence-electron chi connectivity index (χ4n) is 2.78. The van der Waals surface area contributed by atoms with Crippen LogP contribution in [-0.2, 0) is 12.8 Å². The molecule has 4 heteroatoms. The van der Waals surface area contributed by atoms with Crippen LogP contribution in [0.2, 0.25) is 5.02 Å². The van der Waals surface area contributed by atoms with Gasteiger partial charge in [0.1, 0.15) is 5.75 Å². The third-order valence-corrected chi connectivity index (χ3v) is 4.91. The molecule has 1 heterocycles. The lowest BCUT2D eigenvalue weighted by molar-refractivity contribution is 0.00273. The average Bonchev–Trinajstić information content (AvgIpc) is 2.85. The first-order valence-electron chi connectivity index (χ1n) is 7.18. The minimum Gasteiger partial charge on any atom is -0.493 e. The number of rotatable bonds is 5. The zero-order chi connectivity index (χ0) is 14.9. The van der Waals surface area contributed by atoms with E-state index in [1.807, 2.05) is 26.2 Å². The molecular weight excluding hydrogens is 274 g/mol. The van der Waals surface area contributed by atoms with Crippen molar-refractivity contribution in [1.29, 1.82) is 0 Å². The molecule has 0 radical (unpaired) electrons. The molecule has 0 bridgehead atoms. The predicted octanol–water partition coefficient (Wildman–Crippen LogP) is 2.91. The highest BCUT2D eigenvalue weighted by molar-refractivity contribution is 6.30. The van der Waals surface area contributed by atoms with E-state index in [2.05, 4.69) is 18.7 Å². The van der Waals surface area contributed by atoms with Gasteiger partial charge in [0.25, 0.3) is 0 Å². The Labute approximate surface area is 126 Å². The van der Waals surface area contributed by atoms with Crippen molar-refractivity contribution >= 4 is 11.6 Å². The average molecular weight is 298 g/mol. The van der Waals surface area contributed by atoms with Crippen molar-refractivity contribution in [2.24, 2.45) is 0 Å². The Morgan fingerprint density at radius 1 is 1.45 bits per heavy atom. The van der Waals surface area contributed by atoms with Gasteiger partial charge in [0, 0.05) is 23.4 Å². The van der Waals surface area contributed by atoms with E-state index in [1.165, 1.54) is 0 Å². The van der Waals surface area contributed by atoms with E-state index in [0.717, 1.165) is 34.7 Å². The third-order valence-electron chi connectivity index (χ3n) is 4.69. The fraction of sp³-hybridized carbons (Fsp3) is 0.625. The SMILES string of the molecule is CCC(C)(C(O)Cc1cc(Cl)cc2c1OCC2)N(C)C. The second-order valence-corrected chi connectivity index (χ2v) is 6.41. The largest absolute Gasteiger partial charge is 0.493 e. The number of aliphatic hydroxyl groups excluding tert-OH is 1. The van der Waals surface area contributed by atoms with E-state index in [1.54, 1.807) is 0 Å². The molecule has 0 amide bonds. The van der Waals surface area contributed by atoms with E-state index < -0.39 is 6.10 Å². The molecule has 1 aromatic rings. The molecule has 0 saturated carbocycles. The molecule has 2 unspecified atom stereocenters. The number of aliphatic hydroxyl groups is 1. The van der Waals surface area contributed by atoms with Crippen molar-refractivity contribution in [1.82, 2.24) is 4.90 Å². The Hall–Kier alpha value is -0.770. The Kier molecular flexibility index (Phi) is 4.62. The van der Waals surface area contributed by atoms with E-state index in [9.17, 15) is 5.11 Å². The van der Waals surface area contributed by atoms with Crippen LogP contribution in [0.15, 0.2) is 12.1 Å². The molecular formula is C16H24ClNO2.